The number of nitrogens with one attached hydrogen (secondary N) is 2. The molecule has 1 fully saturated rings. The molecule has 0 saturated carbocycles. The maximum absolute atomic E-state index is 11.6. The molecule has 18 heavy (non-hydrogen) atoms. The molecule has 0 bridgehead atoms. The zero-order chi connectivity index (χ0) is 13.1. The van der Waals surface area contributed by atoms with Crippen molar-refractivity contribution >= 4 is 11.8 Å². The topological polar surface area (TPSA) is 108 Å². The molecule has 2 rings (SSSR count). The molecule has 1 atom stereocenters. The van der Waals surface area contributed by atoms with Crippen molar-refractivity contribution in [2.24, 2.45) is 0 Å². The van der Waals surface area contributed by atoms with Crippen molar-refractivity contribution in [2.75, 3.05) is 31.6 Å². The summed E-state index contributed by atoms with van der Waals surface area (Å²) < 4.78 is 5.00. The van der Waals surface area contributed by atoms with Gasteiger partial charge in [-0.2, -0.15) is 0 Å². The summed E-state index contributed by atoms with van der Waals surface area (Å²) >= 11 is 0. The molecule has 0 aliphatic carbocycles. The van der Waals surface area contributed by atoms with Gasteiger partial charge in [0.15, 0.2) is 5.82 Å². The highest BCUT2D eigenvalue weighted by Gasteiger charge is 2.31. The SMILES string of the molecule is COc1c(N2CCNCC2C(=O)O)nc[nH]c1=O. The lowest BCUT2D eigenvalue weighted by molar-refractivity contribution is -0.138. The predicted octanol–water partition coefficient (Wildman–Crippen LogP) is -1.36. The van der Waals surface area contributed by atoms with E-state index in [1.807, 2.05) is 0 Å². The van der Waals surface area contributed by atoms with Crippen LogP contribution in [-0.2, 0) is 4.79 Å². The number of aliphatic carboxylic acids is 1. The van der Waals surface area contributed by atoms with Gasteiger partial charge in [-0.25, -0.2) is 9.78 Å². The van der Waals surface area contributed by atoms with E-state index in [1.54, 1.807) is 4.90 Å². The molecular formula is C10H14N4O4. The number of aromatic amines is 1. The average molecular weight is 254 g/mol. The smallest absolute Gasteiger partial charge is 0.327 e. The summed E-state index contributed by atoms with van der Waals surface area (Å²) in [5, 5.41) is 12.2. The van der Waals surface area contributed by atoms with Gasteiger partial charge in [0.1, 0.15) is 6.04 Å². The second kappa shape index (κ2) is 5.05. The molecule has 3 N–H and O–H groups in total. The van der Waals surface area contributed by atoms with Gasteiger partial charge in [0, 0.05) is 19.6 Å². The van der Waals surface area contributed by atoms with Gasteiger partial charge >= 0.3 is 5.97 Å². The number of carboxylic acids is 1. The monoisotopic (exact) mass is 254 g/mol. The van der Waals surface area contributed by atoms with Crippen molar-refractivity contribution in [3.05, 3.63) is 16.7 Å². The molecule has 1 aromatic heterocycles. The zero-order valence-corrected chi connectivity index (χ0v) is 9.84. The second-order valence-electron chi connectivity index (χ2n) is 3.84. The van der Waals surface area contributed by atoms with Crippen LogP contribution in [0.3, 0.4) is 0 Å². The van der Waals surface area contributed by atoms with E-state index >= 15 is 0 Å². The quantitative estimate of drug-likeness (QED) is 0.611. The first-order valence-corrected chi connectivity index (χ1v) is 5.47. The largest absolute Gasteiger partial charge is 0.489 e. The normalized spacial score (nSPS) is 19.6. The van der Waals surface area contributed by atoms with Gasteiger partial charge in [0.25, 0.3) is 5.56 Å². The molecule has 0 spiro atoms. The molecule has 0 aromatic carbocycles. The Bertz CT molecular complexity index is 501. The molecule has 98 valence electrons. The maximum atomic E-state index is 11.6. The molecule has 2 heterocycles. The highest BCUT2D eigenvalue weighted by atomic mass is 16.5. The number of ether oxygens (including phenoxy) is 1. The zero-order valence-electron chi connectivity index (χ0n) is 9.84. The highest BCUT2D eigenvalue weighted by molar-refractivity contribution is 5.79. The van der Waals surface area contributed by atoms with E-state index in [9.17, 15) is 9.59 Å². The van der Waals surface area contributed by atoms with E-state index in [0.717, 1.165) is 0 Å². The summed E-state index contributed by atoms with van der Waals surface area (Å²) in [6.45, 7) is 1.37. The number of hydrogen-bond donors (Lipinski definition) is 3. The van der Waals surface area contributed by atoms with Crippen LogP contribution < -0.4 is 20.5 Å². The Morgan fingerprint density at radius 2 is 2.44 bits per heavy atom. The Balaban J connectivity index is 2.42. The first-order chi connectivity index (χ1) is 8.65. The van der Waals surface area contributed by atoms with Crippen molar-refractivity contribution in [1.29, 1.82) is 0 Å². The third kappa shape index (κ3) is 2.14. The molecule has 8 heteroatoms. The van der Waals surface area contributed by atoms with Crippen LogP contribution in [0.15, 0.2) is 11.1 Å². The number of piperazine rings is 1. The summed E-state index contributed by atoms with van der Waals surface area (Å²) in [5.41, 5.74) is -0.426. The number of carboxylic acid groups (broad SMARTS) is 1. The number of aromatic nitrogens is 2. The van der Waals surface area contributed by atoms with Crippen LogP contribution in [0.5, 0.6) is 5.75 Å². The first-order valence-electron chi connectivity index (χ1n) is 5.47. The molecule has 1 aromatic rings. The highest BCUT2D eigenvalue weighted by Crippen LogP contribution is 2.23. The molecule has 8 nitrogen and oxygen atoms in total. The molecule has 1 saturated heterocycles. The molecule has 1 unspecified atom stereocenters. The number of methoxy groups -OCH3 is 1. The minimum Gasteiger partial charge on any atom is -0.489 e. The van der Waals surface area contributed by atoms with Crippen LogP contribution in [-0.4, -0.2) is 53.8 Å². The Morgan fingerprint density at radius 3 is 3.11 bits per heavy atom. The standard InChI is InChI=1S/C10H14N4O4/c1-18-7-8(12-5-13-9(7)15)14-3-2-11-4-6(14)10(16)17/h5-6,11H,2-4H2,1H3,(H,16,17)(H,12,13,15). The molecule has 0 radical (unpaired) electrons. The van der Waals surface area contributed by atoms with Crippen molar-refractivity contribution in [3.63, 3.8) is 0 Å². The molecule has 0 amide bonds. The number of carbonyl (C=O) groups is 1. The lowest BCUT2D eigenvalue weighted by atomic mass is 10.2. The third-order valence-corrected chi connectivity index (χ3v) is 2.80. The van der Waals surface area contributed by atoms with Gasteiger partial charge in [-0.05, 0) is 0 Å². The fourth-order valence-electron chi connectivity index (χ4n) is 1.94. The van der Waals surface area contributed by atoms with Crippen LogP contribution in [0, 0.1) is 0 Å². The Kier molecular flexibility index (Phi) is 3.47. The Hall–Kier alpha value is -2.09. The van der Waals surface area contributed by atoms with E-state index in [4.69, 9.17) is 9.84 Å². The lowest BCUT2D eigenvalue weighted by Crippen LogP contribution is -2.55. The third-order valence-electron chi connectivity index (χ3n) is 2.80. The van der Waals surface area contributed by atoms with Crippen LogP contribution in [0.4, 0.5) is 5.82 Å². The van der Waals surface area contributed by atoms with E-state index in [0.29, 0.717) is 19.6 Å². The summed E-state index contributed by atoms with van der Waals surface area (Å²) in [5.74, 6) is -0.674. The van der Waals surface area contributed by atoms with Gasteiger partial charge in [0.05, 0.1) is 13.4 Å². The van der Waals surface area contributed by atoms with E-state index in [2.05, 4.69) is 15.3 Å². The maximum Gasteiger partial charge on any atom is 0.327 e. The minimum atomic E-state index is -0.966. The van der Waals surface area contributed by atoms with E-state index in [-0.39, 0.29) is 11.6 Å². The van der Waals surface area contributed by atoms with Crippen LogP contribution in [0.2, 0.25) is 0 Å². The fraction of sp³-hybridized carbons (Fsp3) is 0.500. The number of nitrogens with zero attached hydrogens (tertiary/aromatic N) is 2. The van der Waals surface area contributed by atoms with Crippen LogP contribution >= 0.6 is 0 Å². The van der Waals surface area contributed by atoms with Gasteiger partial charge < -0.3 is 25.0 Å². The van der Waals surface area contributed by atoms with Crippen molar-refractivity contribution < 1.29 is 14.6 Å². The number of rotatable bonds is 3. The van der Waals surface area contributed by atoms with Crippen LogP contribution in [0.1, 0.15) is 0 Å². The summed E-state index contributed by atoms with van der Waals surface area (Å²) in [4.78, 5) is 30.7. The van der Waals surface area contributed by atoms with Gasteiger partial charge in [0.2, 0.25) is 5.75 Å². The lowest BCUT2D eigenvalue weighted by Gasteiger charge is -2.34. The number of H-pyrrole nitrogens is 1. The minimum absolute atomic E-state index is 0.0330. The summed E-state index contributed by atoms with van der Waals surface area (Å²) in [6, 6.07) is -0.762. The number of anilines is 1. The van der Waals surface area contributed by atoms with Crippen molar-refractivity contribution in [3.8, 4) is 5.75 Å². The summed E-state index contributed by atoms with van der Waals surface area (Å²) in [6.07, 6.45) is 1.24. The second-order valence-corrected chi connectivity index (χ2v) is 3.84. The molecule has 1 aliphatic rings. The predicted molar refractivity (Wildman–Crippen MR) is 63.0 cm³/mol. The first kappa shape index (κ1) is 12.4. The van der Waals surface area contributed by atoms with Crippen molar-refractivity contribution in [1.82, 2.24) is 15.3 Å². The summed E-state index contributed by atoms with van der Waals surface area (Å²) in [7, 11) is 1.35. The fourth-order valence-corrected chi connectivity index (χ4v) is 1.94. The van der Waals surface area contributed by atoms with Gasteiger partial charge in [-0.3, -0.25) is 4.79 Å². The van der Waals surface area contributed by atoms with E-state index < -0.39 is 17.6 Å². The average Bonchev–Trinajstić information content (AvgIpc) is 2.38. The molecule has 1 aliphatic heterocycles. The van der Waals surface area contributed by atoms with Crippen LogP contribution in [0.25, 0.3) is 0 Å². The Morgan fingerprint density at radius 1 is 1.67 bits per heavy atom. The van der Waals surface area contributed by atoms with Gasteiger partial charge in [-0.15, -0.1) is 0 Å². The van der Waals surface area contributed by atoms with E-state index in [1.165, 1.54) is 13.4 Å². The Labute approximate surface area is 103 Å². The molecular weight excluding hydrogens is 240 g/mol. The number of hydrogen-bond acceptors (Lipinski definition) is 6. The van der Waals surface area contributed by atoms with Gasteiger partial charge in [-0.1, -0.05) is 0 Å². The van der Waals surface area contributed by atoms with Crippen molar-refractivity contribution in [2.45, 2.75) is 6.04 Å².